The summed E-state index contributed by atoms with van der Waals surface area (Å²) < 4.78 is 4.65. The molecule has 0 spiro atoms. The lowest BCUT2D eigenvalue weighted by Gasteiger charge is -2.11. The molecule has 0 aliphatic carbocycles. The number of aryl methyl sites for hydroxylation is 2. The number of tetrazole rings is 1. The van der Waals surface area contributed by atoms with Crippen molar-refractivity contribution < 1.29 is 0 Å². The van der Waals surface area contributed by atoms with Crippen LogP contribution >= 0.6 is 15.9 Å². The molecule has 0 radical (unpaired) electrons. The minimum absolute atomic E-state index is 0.0139. The van der Waals surface area contributed by atoms with E-state index in [1.54, 1.807) is 0 Å². The first-order valence-electron chi connectivity index (χ1n) is 12.6. The van der Waals surface area contributed by atoms with Crippen LogP contribution in [0.15, 0.2) is 82.2 Å². The minimum atomic E-state index is -0.0139. The molecule has 7 nitrogen and oxygen atoms in total. The van der Waals surface area contributed by atoms with Gasteiger partial charge in [-0.25, -0.2) is 9.89 Å². The lowest BCUT2D eigenvalue weighted by molar-refractivity contribution is 0.673. The van der Waals surface area contributed by atoms with Crippen molar-refractivity contribution in [1.82, 2.24) is 29.8 Å². The Labute approximate surface area is 224 Å². The molecular formula is C29H29BrN6O. The van der Waals surface area contributed by atoms with E-state index < -0.39 is 0 Å². The molecular weight excluding hydrogens is 528 g/mol. The normalized spacial score (nSPS) is 11.2. The second kappa shape index (κ2) is 11.1. The molecule has 37 heavy (non-hydrogen) atoms. The predicted molar refractivity (Wildman–Crippen MR) is 150 cm³/mol. The quantitative estimate of drug-likeness (QED) is 0.234. The summed E-state index contributed by atoms with van der Waals surface area (Å²) in [5.74, 6) is 0.631. The van der Waals surface area contributed by atoms with Gasteiger partial charge >= 0.3 is 5.69 Å². The number of para-hydroxylation sites is 1. The van der Waals surface area contributed by atoms with E-state index in [4.69, 9.17) is 0 Å². The molecule has 0 fully saturated rings. The van der Waals surface area contributed by atoms with E-state index in [0.29, 0.717) is 12.4 Å². The molecule has 0 aliphatic rings. The number of halogens is 1. The van der Waals surface area contributed by atoms with Crippen molar-refractivity contribution in [3.8, 4) is 28.2 Å². The molecule has 0 aliphatic heterocycles. The number of hydrogen-bond donors (Lipinski definition) is 1. The number of benzene rings is 3. The van der Waals surface area contributed by atoms with Crippen molar-refractivity contribution in [2.75, 3.05) is 0 Å². The average Bonchev–Trinajstić information content (AvgIpc) is 3.57. The highest BCUT2D eigenvalue weighted by Gasteiger charge is 2.17. The second-order valence-electron chi connectivity index (χ2n) is 9.06. The number of aromatic nitrogens is 6. The molecule has 5 aromatic rings. The van der Waals surface area contributed by atoms with E-state index >= 15 is 0 Å². The fourth-order valence-corrected chi connectivity index (χ4v) is 5.31. The summed E-state index contributed by atoms with van der Waals surface area (Å²) in [5.41, 5.74) is 7.23. The first-order valence-corrected chi connectivity index (χ1v) is 13.4. The highest BCUT2D eigenvalue weighted by molar-refractivity contribution is 9.10. The van der Waals surface area contributed by atoms with Gasteiger partial charge in [0.2, 0.25) is 0 Å². The van der Waals surface area contributed by atoms with Crippen LogP contribution in [0.5, 0.6) is 0 Å². The van der Waals surface area contributed by atoms with E-state index in [1.807, 2.05) is 45.7 Å². The van der Waals surface area contributed by atoms with Gasteiger partial charge in [0.25, 0.3) is 0 Å². The number of nitrogens with zero attached hydrogens (tertiary/aromatic N) is 5. The van der Waals surface area contributed by atoms with Gasteiger partial charge in [-0.3, -0.25) is 9.13 Å². The van der Waals surface area contributed by atoms with Crippen molar-refractivity contribution in [2.24, 2.45) is 0 Å². The predicted octanol–water partition coefficient (Wildman–Crippen LogP) is 6.20. The molecule has 3 aromatic carbocycles. The summed E-state index contributed by atoms with van der Waals surface area (Å²) >= 11 is 3.68. The molecule has 188 valence electrons. The zero-order valence-electron chi connectivity index (χ0n) is 21.0. The van der Waals surface area contributed by atoms with E-state index in [2.05, 4.69) is 86.8 Å². The SMILES string of the molecule is CCCCc1cn(-c2c(Br)cccc2CC)c(=O)n1Cc1ccc(-c2ccccc2-c2nnn[nH]2)cc1. The number of H-pyrrole nitrogens is 1. The zero-order valence-corrected chi connectivity index (χ0v) is 22.6. The topological polar surface area (TPSA) is 81.4 Å². The van der Waals surface area contributed by atoms with Crippen LogP contribution in [0, 0.1) is 0 Å². The average molecular weight is 557 g/mol. The van der Waals surface area contributed by atoms with Crippen molar-refractivity contribution in [1.29, 1.82) is 0 Å². The second-order valence-corrected chi connectivity index (χ2v) is 9.91. The van der Waals surface area contributed by atoms with Crippen LogP contribution in [0.25, 0.3) is 28.2 Å². The highest BCUT2D eigenvalue weighted by atomic mass is 79.9. The van der Waals surface area contributed by atoms with Gasteiger partial charge in [0, 0.05) is 21.9 Å². The lowest BCUT2D eigenvalue weighted by Crippen LogP contribution is -2.25. The zero-order chi connectivity index (χ0) is 25.8. The summed E-state index contributed by atoms with van der Waals surface area (Å²) in [6, 6.07) is 22.5. The Balaban J connectivity index is 1.50. The van der Waals surface area contributed by atoms with Crippen LogP contribution in [-0.2, 0) is 19.4 Å². The van der Waals surface area contributed by atoms with Gasteiger partial charge in [0.1, 0.15) is 0 Å². The van der Waals surface area contributed by atoms with E-state index in [0.717, 1.165) is 69.4 Å². The third-order valence-corrected chi connectivity index (χ3v) is 7.31. The third-order valence-electron chi connectivity index (χ3n) is 6.67. The summed E-state index contributed by atoms with van der Waals surface area (Å²) in [6.07, 6.45) is 5.84. The summed E-state index contributed by atoms with van der Waals surface area (Å²) in [6.45, 7) is 4.81. The smallest absolute Gasteiger partial charge is 0.292 e. The Morgan fingerprint density at radius 3 is 2.43 bits per heavy atom. The van der Waals surface area contributed by atoms with Gasteiger partial charge in [-0.05, 0) is 73.9 Å². The van der Waals surface area contributed by atoms with Gasteiger partial charge in [-0.2, -0.15) is 0 Å². The summed E-state index contributed by atoms with van der Waals surface area (Å²) in [5, 5.41) is 14.4. The van der Waals surface area contributed by atoms with Crippen LogP contribution in [-0.4, -0.2) is 29.8 Å². The maximum Gasteiger partial charge on any atom is 0.333 e. The van der Waals surface area contributed by atoms with Gasteiger partial charge in [-0.1, -0.05) is 80.9 Å². The number of rotatable bonds is 9. The van der Waals surface area contributed by atoms with Crippen LogP contribution < -0.4 is 5.69 Å². The van der Waals surface area contributed by atoms with E-state index in [1.165, 1.54) is 0 Å². The maximum atomic E-state index is 13.7. The van der Waals surface area contributed by atoms with E-state index in [9.17, 15) is 4.79 Å². The molecule has 2 aromatic heterocycles. The van der Waals surface area contributed by atoms with E-state index in [-0.39, 0.29) is 5.69 Å². The maximum absolute atomic E-state index is 13.7. The summed E-state index contributed by atoms with van der Waals surface area (Å²) in [7, 11) is 0. The fourth-order valence-electron chi connectivity index (χ4n) is 4.72. The number of unbranched alkanes of at least 4 members (excludes halogenated alkanes) is 1. The van der Waals surface area contributed by atoms with Crippen LogP contribution in [0.3, 0.4) is 0 Å². The molecule has 5 rings (SSSR count). The standard InChI is InChI=1S/C29H29BrN6O/c1-3-5-10-23-19-36(27-21(4-2)9-8-13-26(27)30)29(37)35(23)18-20-14-16-22(17-15-20)24-11-6-7-12-25(24)28-31-33-34-32-28/h6-9,11-17,19H,3-5,10,18H2,1-2H3,(H,31,32,33,34). The van der Waals surface area contributed by atoms with Gasteiger partial charge in [0.05, 0.1) is 12.2 Å². The number of aromatic amines is 1. The third kappa shape index (κ3) is 5.06. The van der Waals surface area contributed by atoms with Crippen molar-refractivity contribution in [3.63, 3.8) is 0 Å². The minimum Gasteiger partial charge on any atom is -0.292 e. The van der Waals surface area contributed by atoms with Crippen molar-refractivity contribution in [2.45, 2.75) is 46.1 Å². The number of nitrogens with one attached hydrogen (secondary N) is 1. The number of imidazole rings is 1. The molecule has 8 heteroatoms. The molecule has 0 saturated carbocycles. The molecule has 0 unspecified atom stereocenters. The largest absolute Gasteiger partial charge is 0.333 e. The monoisotopic (exact) mass is 556 g/mol. The van der Waals surface area contributed by atoms with Crippen molar-refractivity contribution in [3.05, 3.63) is 105 Å². The van der Waals surface area contributed by atoms with Gasteiger partial charge in [0.15, 0.2) is 5.82 Å². The molecule has 0 saturated heterocycles. The van der Waals surface area contributed by atoms with Crippen LogP contribution in [0.1, 0.15) is 43.5 Å². The number of hydrogen-bond acceptors (Lipinski definition) is 4. The first-order chi connectivity index (χ1) is 18.1. The molecule has 0 atom stereocenters. The van der Waals surface area contributed by atoms with Gasteiger partial charge in [-0.15, -0.1) is 5.10 Å². The Morgan fingerprint density at radius 1 is 0.946 bits per heavy atom. The Kier molecular flexibility index (Phi) is 7.46. The molecule has 0 bridgehead atoms. The van der Waals surface area contributed by atoms with Crippen LogP contribution in [0.4, 0.5) is 0 Å². The van der Waals surface area contributed by atoms with Crippen LogP contribution in [0.2, 0.25) is 0 Å². The van der Waals surface area contributed by atoms with Gasteiger partial charge < -0.3 is 0 Å². The molecule has 0 amide bonds. The Hall–Kier alpha value is -3.78. The Bertz CT molecular complexity index is 1550. The molecule has 2 heterocycles. The first kappa shape index (κ1) is 24.9. The fraction of sp³-hybridized carbons (Fsp3) is 0.241. The summed E-state index contributed by atoms with van der Waals surface area (Å²) in [4.78, 5) is 13.7. The van der Waals surface area contributed by atoms with Crippen molar-refractivity contribution >= 4 is 15.9 Å². The Morgan fingerprint density at radius 2 is 1.73 bits per heavy atom. The highest BCUT2D eigenvalue weighted by Crippen LogP contribution is 2.30. The lowest BCUT2D eigenvalue weighted by atomic mass is 9.98. The molecule has 1 N–H and O–H groups in total.